The van der Waals surface area contributed by atoms with Crippen LogP contribution in [-0.4, -0.2) is 36.9 Å². The van der Waals surface area contributed by atoms with Crippen LogP contribution in [0.1, 0.15) is 44.7 Å². The molecular weight excluding hydrogens is 384 g/mol. The molecule has 0 amide bonds. The Morgan fingerprint density at radius 2 is 1.30 bits per heavy atom. The van der Waals surface area contributed by atoms with E-state index in [9.17, 15) is 14.7 Å². The van der Waals surface area contributed by atoms with E-state index in [0.717, 1.165) is 16.7 Å². The van der Waals surface area contributed by atoms with E-state index in [1.165, 1.54) is 0 Å². The van der Waals surface area contributed by atoms with E-state index in [1.54, 1.807) is 26.0 Å². The van der Waals surface area contributed by atoms with Crippen molar-refractivity contribution in [3.63, 3.8) is 0 Å². The summed E-state index contributed by atoms with van der Waals surface area (Å²) in [5.41, 5.74) is 3.22. The van der Waals surface area contributed by atoms with Crippen LogP contribution in [0.2, 0.25) is 0 Å². The molecule has 0 spiro atoms. The molecule has 0 saturated heterocycles. The van der Waals surface area contributed by atoms with Gasteiger partial charge in [-0.05, 0) is 69.0 Å². The molecule has 1 N–H and O–H groups in total. The first-order chi connectivity index (χ1) is 14.5. The Bertz CT molecular complexity index is 859. The van der Waals surface area contributed by atoms with Gasteiger partial charge in [-0.3, -0.25) is 9.59 Å². The van der Waals surface area contributed by atoms with E-state index in [4.69, 9.17) is 14.2 Å². The lowest BCUT2D eigenvalue weighted by Gasteiger charge is -2.15. The van der Waals surface area contributed by atoms with Crippen molar-refractivity contribution in [2.24, 2.45) is 0 Å². The summed E-state index contributed by atoms with van der Waals surface area (Å²) in [5.74, 6) is 0.286. The molecule has 2 aromatic carbocycles. The molecule has 0 fully saturated rings. The highest BCUT2D eigenvalue weighted by atomic mass is 16.5. The molecule has 0 aromatic heterocycles. The normalized spacial score (nSPS) is 10.5. The van der Waals surface area contributed by atoms with Crippen LogP contribution in [0.5, 0.6) is 11.5 Å². The Kier molecular flexibility index (Phi) is 9.19. The van der Waals surface area contributed by atoms with Crippen molar-refractivity contribution in [2.75, 3.05) is 19.8 Å². The smallest absolute Gasteiger partial charge is 0.306 e. The third-order valence-corrected chi connectivity index (χ3v) is 4.54. The van der Waals surface area contributed by atoms with Crippen LogP contribution >= 0.6 is 0 Å². The quantitative estimate of drug-likeness (QED) is 0.547. The summed E-state index contributed by atoms with van der Waals surface area (Å²) in [6.07, 6.45) is 1.60. The van der Waals surface area contributed by atoms with Crippen LogP contribution in [0.25, 0.3) is 11.1 Å². The molecule has 30 heavy (non-hydrogen) atoms. The maximum Gasteiger partial charge on any atom is 0.306 e. The zero-order valence-electron chi connectivity index (χ0n) is 17.9. The molecule has 2 aromatic rings. The fourth-order valence-corrected chi connectivity index (χ4v) is 3.14. The Morgan fingerprint density at radius 3 is 1.83 bits per heavy atom. The molecular formula is C24H30O6. The molecule has 0 aliphatic heterocycles. The Labute approximate surface area is 177 Å². The zero-order chi connectivity index (χ0) is 21.9. The Hall–Kier alpha value is -3.02. The first-order valence-corrected chi connectivity index (χ1v) is 10.4. The SMILES string of the molecule is CCOC(=O)CCc1ccc(O)c(-c2cc(CCC(=O)OCC)ccc2OCC)c1. The predicted molar refractivity (Wildman–Crippen MR) is 115 cm³/mol. The van der Waals surface area contributed by atoms with Crippen molar-refractivity contribution >= 4 is 11.9 Å². The monoisotopic (exact) mass is 414 g/mol. The summed E-state index contributed by atoms with van der Waals surface area (Å²) >= 11 is 0. The first-order valence-electron chi connectivity index (χ1n) is 10.4. The second-order valence-electron chi connectivity index (χ2n) is 6.73. The molecule has 2 rings (SSSR count). The van der Waals surface area contributed by atoms with E-state index in [-0.39, 0.29) is 30.5 Å². The van der Waals surface area contributed by atoms with Gasteiger partial charge in [-0.25, -0.2) is 0 Å². The summed E-state index contributed by atoms with van der Waals surface area (Å²) < 4.78 is 15.7. The Balaban J connectivity index is 2.30. The van der Waals surface area contributed by atoms with Gasteiger partial charge >= 0.3 is 11.9 Å². The minimum Gasteiger partial charge on any atom is -0.507 e. The number of benzene rings is 2. The van der Waals surface area contributed by atoms with Crippen molar-refractivity contribution in [3.8, 4) is 22.6 Å². The van der Waals surface area contributed by atoms with Gasteiger partial charge in [0.05, 0.1) is 19.8 Å². The minimum atomic E-state index is -0.247. The van der Waals surface area contributed by atoms with Crippen LogP contribution in [0.15, 0.2) is 36.4 Å². The number of hydrogen-bond acceptors (Lipinski definition) is 6. The lowest BCUT2D eigenvalue weighted by Crippen LogP contribution is -2.05. The summed E-state index contributed by atoms with van der Waals surface area (Å²) in [5, 5.41) is 10.5. The van der Waals surface area contributed by atoms with Crippen LogP contribution in [-0.2, 0) is 31.9 Å². The molecule has 0 aliphatic carbocycles. The molecule has 0 bridgehead atoms. The fourth-order valence-electron chi connectivity index (χ4n) is 3.14. The third kappa shape index (κ3) is 6.79. The molecule has 0 aliphatic rings. The molecule has 162 valence electrons. The maximum absolute atomic E-state index is 11.7. The number of phenols is 1. The van der Waals surface area contributed by atoms with E-state index < -0.39 is 0 Å². The van der Waals surface area contributed by atoms with Crippen molar-refractivity contribution in [3.05, 3.63) is 47.5 Å². The van der Waals surface area contributed by atoms with Crippen molar-refractivity contribution in [2.45, 2.75) is 46.5 Å². The van der Waals surface area contributed by atoms with Crippen molar-refractivity contribution < 1.29 is 28.9 Å². The third-order valence-electron chi connectivity index (χ3n) is 4.54. The number of rotatable bonds is 11. The summed E-state index contributed by atoms with van der Waals surface area (Å²) in [7, 11) is 0. The van der Waals surface area contributed by atoms with Crippen LogP contribution in [0.4, 0.5) is 0 Å². The van der Waals surface area contributed by atoms with Gasteiger partial charge in [0.2, 0.25) is 0 Å². The van der Waals surface area contributed by atoms with E-state index in [0.29, 0.717) is 44.0 Å². The summed E-state index contributed by atoms with van der Waals surface area (Å²) in [4.78, 5) is 23.4. The number of ether oxygens (including phenoxy) is 3. The molecule has 0 heterocycles. The van der Waals surface area contributed by atoms with Crippen LogP contribution in [0, 0.1) is 0 Å². The van der Waals surface area contributed by atoms with Gasteiger partial charge in [-0.2, -0.15) is 0 Å². The standard InChI is InChI=1S/C24H30O6/c1-4-28-22-12-8-18(10-14-24(27)30-6-3)16-20(22)19-15-17(7-11-21(19)25)9-13-23(26)29-5-2/h7-8,11-12,15-16,25H,4-6,9-10,13-14H2,1-3H3. The average molecular weight is 414 g/mol. The summed E-state index contributed by atoms with van der Waals surface area (Å²) in [6, 6.07) is 11.0. The average Bonchev–Trinajstić information content (AvgIpc) is 2.73. The van der Waals surface area contributed by atoms with E-state index in [2.05, 4.69) is 0 Å². The van der Waals surface area contributed by atoms with E-state index >= 15 is 0 Å². The van der Waals surface area contributed by atoms with Crippen molar-refractivity contribution in [1.82, 2.24) is 0 Å². The number of carbonyl (C=O) groups excluding carboxylic acids is 2. The summed E-state index contributed by atoms with van der Waals surface area (Å²) in [6.45, 7) is 6.66. The second kappa shape index (κ2) is 11.9. The maximum atomic E-state index is 11.7. The minimum absolute atomic E-state index is 0.124. The molecule has 0 atom stereocenters. The zero-order valence-corrected chi connectivity index (χ0v) is 17.9. The van der Waals surface area contributed by atoms with Gasteiger partial charge in [-0.1, -0.05) is 12.1 Å². The van der Waals surface area contributed by atoms with Crippen molar-refractivity contribution in [1.29, 1.82) is 0 Å². The van der Waals surface area contributed by atoms with Gasteiger partial charge < -0.3 is 19.3 Å². The van der Waals surface area contributed by atoms with Gasteiger partial charge in [0.15, 0.2) is 0 Å². The van der Waals surface area contributed by atoms with Crippen LogP contribution in [0.3, 0.4) is 0 Å². The molecule has 6 heteroatoms. The molecule has 6 nitrogen and oxygen atoms in total. The van der Waals surface area contributed by atoms with Crippen LogP contribution < -0.4 is 4.74 Å². The topological polar surface area (TPSA) is 82.1 Å². The van der Waals surface area contributed by atoms with Gasteiger partial charge in [0.25, 0.3) is 0 Å². The largest absolute Gasteiger partial charge is 0.507 e. The fraction of sp³-hybridized carbons (Fsp3) is 0.417. The molecule has 0 saturated carbocycles. The van der Waals surface area contributed by atoms with Gasteiger partial charge in [0.1, 0.15) is 11.5 Å². The number of esters is 2. The molecule has 0 radical (unpaired) electrons. The number of aromatic hydroxyl groups is 1. The highest BCUT2D eigenvalue weighted by Crippen LogP contribution is 2.37. The number of aryl methyl sites for hydroxylation is 2. The lowest BCUT2D eigenvalue weighted by atomic mass is 9.96. The number of phenolic OH excluding ortho intramolecular Hbond substituents is 1. The highest BCUT2D eigenvalue weighted by molar-refractivity contribution is 5.77. The second-order valence-corrected chi connectivity index (χ2v) is 6.73. The van der Waals surface area contributed by atoms with Gasteiger partial charge in [-0.15, -0.1) is 0 Å². The number of carbonyl (C=O) groups is 2. The Morgan fingerprint density at radius 1 is 0.767 bits per heavy atom. The number of hydrogen-bond donors (Lipinski definition) is 1. The van der Waals surface area contributed by atoms with E-state index in [1.807, 2.05) is 31.2 Å². The molecule has 0 unspecified atom stereocenters. The lowest BCUT2D eigenvalue weighted by molar-refractivity contribution is -0.144. The first kappa shape index (κ1) is 23.3. The van der Waals surface area contributed by atoms with Gasteiger partial charge in [0, 0.05) is 24.0 Å². The predicted octanol–water partition coefficient (Wildman–Crippen LogP) is 4.45. The highest BCUT2D eigenvalue weighted by Gasteiger charge is 2.14.